The third-order valence-electron chi connectivity index (χ3n) is 11.8. The van der Waals surface area contributed by atoms with E-state index >= 15 is 0 Å². The minimum Gasteiger partial charge on any atom is -0.194 e. The zero-order valence-electron chi connectivity index (χ0n) is 37.7. The summed E-state index contributed by atoms with van der Waals surface area (Å²) in [4.78, 5) is 1.00. The Labute approximate surface area is 423 Å². The molecule has 0 aliphatic rings. The summed E-state index contributed by atoms with van der Waals surface area (Å²) in [7, 11) is 0. The van der Waals surface area contributed by atoms with Crippen LogP contribution in [0.2, 0.25) is 0 Å². The molecule has 7 rings (SSSR count). The van der Waals surface area contributed by atoms with Crippen LogP contribution >= 0.6 is 12.6 Å². The topological polar surface area (TPSA) is 3.88 Å². The van der Waals surface area contributed by atoms with Crippen molar-refractivity contribution < 1.29 is 110 Å². The Bertz CT molecular complexity index is 2800. The molecule has 0 atom stereocenters. The molecule has 6 aromatic carbocycles. The van der Waals surface area contributed by atoms with Gasteiger partial charge < -0.3 is 0 Å². The van der Waals surface area contributed by atoms with Crippen LogP contribution < -0.4 is 26.4 Å². The van der Waals surface area contributed by atoms with E-state index in [0.29, 0.717) is 0 Å². The fourth-order valence-electron chi connectivity index (χ4n) is 8.40. The van der Waals surface area contributed by atoms with E-state index in [2.05, 4.69) is 78.0 Å². The molecule has 0 unspecified atom stereocenters. The highest BCUT2D eigenvalue weighted by Gasteiger charge is 2.47. The first-order valence-corrected chi connectivity index (χ1v) is 21.7. The third-order valence-corrected chi connectivity index (χ3v) is 12.1. The van der Waals surface area contributed by atoms with Crippen molar-refractivity contribution in [3.63, 3.8) is 0 Å². The van der Waals surface area contributed by atoms with Crippen molar-refractivity contribution in [3.8, 4) is 11.3 Å². The Kier molecular flexibility index (Phi) is 16.1. The van der Waals surface area contributed by atoms with E-state index < -0.39 is 195 Å². The van der Waals surface area contributed by atoms with Crippen LogP contribution in [-0.2, 0) is 56.0 Å². The van der Waals surface area contributed by atoms with Gasteiger partial charge in [-0.3, -0.25) is 0 Å². The quantitative estimate of drug-likeness (QED) is 0.0702. The number of nitrogens with zero attached hydrogens (tertiary/aromatic N) is 1. The molecule has 77 heavy (non-hydrogen) atoms. The molecular formula is C50H28BF24NS. The number of hydrogen-bond donors (Lipinski definition) is 1. The smallest absolute Gasteiger partial charge is 0.194 e. The number of rotatable bonds is 7. The molecule has 0 amide bonds. The average Bonchev–Trinajstić information content (AvgIpc) is 3.30. The Morgan fingerprint density at radius 3 is 0.844 bits per heavy atom. The highest BCUT2D eigenvalue weighted by Crippen LogP contribution is 2.41. The first-order chi connectivity index (χ1) is 35.1. The zero-order chi connectivity index (χ0) is 57.7. The Morgan fingerprint density at radius 1 is 0.312 bits per heavy atom. The lowest BCUT2D eigenvalue weighted by atomic mass is 9.12. The van der Waals surface area contributed by atoms with Gasteiger partial charge in [0.05, 0.1) is 50.1 Å². The molecule has 410 valence electrons. The van der Waals surface area contributed by atoms with Crippen LogP contribution in [0.3, 0.4) is 0 Å². The summed E-state index contributed by atoms with van der Waals surface area (Å²) in [6.45, 7) is 0.860. The minimum atomic E-state index is -6.13. The molecule has 1 nitrogen and oxygen atoms in total. The molecule has 7 aromatic rings. The standard InChI is InChI=1S/C32H12BF24.C18H15NS/c34-25(35,36)13-1-14(26(37,38)39)6-21(5-13)33(22-7-15(27(40,41)42)2-16(8-22)28(43,44)45,23-9-17(29(46,47)48)3-18(10-23)30(49,50)51)24-11-19(31(52,53)54)4-20(12-24)32(55,56)57;20-18-12-5-4-10-16(18)17-11-6-7-13-19(17)14-15-8-2-1-3-9-15/h1-12H;1-13H,14H2/q-1;/p+1. The average molecular weight is 1140 g/mol. The number of pyridine rings is 1. The summed E-state index contributed by atoms with van der Waals surface area (Å²) in [5.41, 5.74) is -26.6. The van der Waals surface area contributed by atoms with Gasteiger partial charge in [0.15, 0.2) is 12.7 Å². The second-order valence-corrected chi connectivity index (χ2v) is 17.4. The summed E-state index contributed by atoms with van der Waals surface area (Å²) >= 11 is 4.57. The lowest BCUT2D eigenvalue weighted by molar-refractivity contribution is -0.677. The lowest BCUT2D eigenvalue weighted by Gasteiger charge is -2.46. The van der Waals surface area contributed by atoms with Crippen LogP contribution in [0.4, 0.5) is 105 Å². The molecule has 0 spiro atoms. The summed E-state index contributed by atoms with van der Waals surface area (Å²) in [6, 6.07) is 16.1. The van der Waals surface area contributed by atoms with Crippen molar-refractivity contribution in [3.05, 3.63) is 202 Å². The van der Waals surface area contributed by atoms with Gasteiger partial charge in [-0.1, -0.05) is 91.0 Å². The number of benzene rings is 6. The zero-order valence-corrected chi connectivity index (χ0v) is 38.6. The molecule has 0 N–H and O–H groups in total. The second-order valence-electron chi connectivity index (χ2n) is 16.9. The van der Waals surface area contributed by atoms with Crippen molar-refractivity contribution in [1.82, 2.24) is 0 Å². The lowest BCUT2D eigenvalue weighted by Crippen LogP contribution is -2.75. The number of alkyl halides is 24. The van der Waals surface area contributed by atoms with Crippen LogP contribution in [0.1, 0.15) is 50.1 Å². The SMILES string of the molecule is FC(F)(F)c1cc([B-](c2cc(C(F)(F)F)cc(C(F)(F)F)c2)(c2cc(C(F)(F)F)cc(C(F)(F)F)c2)c2cc(C(F)(F)F)cc(C(F)(F)F)c2)cc(C(F)(F)F)c1.Sc1ccccc1-c1cccc[n+]1Cc1ccccc1. The van der Waals surface area contributed by atoms with Crippen molar-refractivity contribution in [2.24, 2.45) is 0 Å². The Balaban J connectivity index is 0.000000397. The molecule has 0 saturated carbocycles. The molecule has 0 fully saturated rings. The number of thiol groups is 1. The van der Waals surface area contributed by atoms with Gasteiger partial charge >= 0.3 is 49.4 Å². The first-order valence-electron chi connectivity index (χ1n) is 21.3. The maximum atomic E-state index is 14.2. The van der Waals surface area contributed by atoms with Crippen molar-refractivity contribution in [2.75, 3.05) is 0 Å². The molecule has 0 saturated heterocycles. The summed E-state index contributed by atoms with van der Waals surface area (Å²) < 4.78 is 343. The first kappa shape index (κ1) is 59.4. The monoisotopic (exact) mass is 1140 g/mol. The van der Waals surface area contributed by atoms with Gasteiger partial charge in [-0.25, -0.2) is 0 Å². The van der Waals surface area contributed by atoms with Gasteiger partial charge in [-0.15, -0.1) is 12.6 Å². The normalized spacial score (nSPS) is 13.3. The molecule has 0 bridgehead atoms. The van der Waals surface area contributed by atoms with Crippen molar-refractivity contribution in [2.45, 2.75) is 60.9 Å². The van der Waals surface area contributed by atoms with E-state index in [1.165, 1.54) is 11.3 Å². The predicted molar refractivity (Wildman–Crippen MR) is 235 cm³/mol. The molecular weight excluding hydrogens is 1110 g/mol. The molecule has 1 heterocycles. The molecule has 27 heteroatoms. The highest BCUT2D eigenvalue weighted by atomic mass is 32.1. The Morgan fingerprint density at radius 2 is 0.571 bits per heavy atom. The van der Waals surface area contributed by atoms with Gasteiger partial charge in [-0.05, 0) is 42.5 Å². The minimum absolute atomic E-state index is 0.691. The maximum absolute atomic E-state index is 14.2. The molecule has 0 aliphatic carbocycles. The molecule has 0 aliphatic heterocycles. The van der Waals surface area contributed by atoms with Gasteiger partial charge in [0, 0.05) is 22.6 Å². The highest BCUT2D eigenvalue weighted by molar-refractivity contribution is 7.80. The summed E-state index contributed by atoms with van der Waals surface area (Å²) in [5, 5.41) is 0. The largest absolute Gasteiger partial charge is 0.416 e. The van der Waals surface area contributed by atoms with E-state index in [-0.39, 0.29) is 0 Å². The van der Waals surface area contributed by atoms with Crippen molar-refractivity contribution >= 4 is 40.6 Å². The third kappa shape index (κ3) is 13.7. The molecule has 0 radical (unpaired) electrons. The predicted octanol–water partition coefficient (Wildman–Crippen LogP) is 15.2. The number of aromatic nitrogens is 1. The van der Waals surface area contributed by atoms with Crippen LogP contribution in [0.15, 0.2) is 157 Å². The van der Waals surface area contributed by atoms with Crippen LogP contribution in [0, 0.1) is 0 Å². The van der Waals surface area contributed by atoms with Crippen LogP contribution in [0.25, 0.3) is 11.3 Å². The van der Waals surface area contributed by atoms with Gasteiger partial charge in [0.2, 0.25) is 5.69 Å². The van der Waals surface area contributed by atoms with E-state index in [1.54, 1.807) is 0 Å². The van der Waals surface area contributed by atoms with Crippen molar-refractivity contribution in [1.29, 1.82) is 0 Å². The maximum Gasteiger partial charge on any atom is 0.416 e. The fourth-order valence-corrected chi connectivity index (χ4v) is 8.67. The number of hydrogen-bond acceptors (Lipinski definition) is 1. The van der Waals surface area contributed by atoms with Crippen LogP contribution in [-0.4, -0.2) is 6.15 Å². The van der Waals surface area contributed by atoms with E-state index in [4.69, 9.17) is 0 Å². The Hall–Kier alpha value is -6.80. The van der Waals surface area contributed by atoms with Gasteiger partial charge in [0.25, 0.3) is 0 Å². The van der Waals surface area contributed by atoms with Gasteiger partial charge in [0.1, 0.15) is 6.15 Å². The molecule has 1 aromatic heterocycles. The fraction of sp³-hybridized carbons (Fsp3) is 0.180. The van der Waals surface area contributed by atoms with E-state index in [9.17, 15) is 105 Å². The van der Waals surface area contributed by atoms with E-state index in [0.717, 1.165) is 17.0 Å². The summed E-state index contributed by atoms with van der Waals surface area (Å²) in [5.74, 6) is 0. The second kappa shape index (κ2) is 20.9. The van der Waals surface area contributed by atoms with Crippen LogP contribution in [0.5, 0.6) is 0 Å². The van der Waals surface area contributed by atoms with Gasteiger partial charge in [-0.2, -0.15) is 132 Å². The number of halogens is 24. The summed E-state index contributed by atoms with van der Waals surface area (Å²) in [6.07, 6.45) is -52.7. The van der Waals surface area contributed by atoms with E-state index in [1.807, 2.05) is 18.2 Å².